The van der Waals surface area contributed by atoms with Crippen LogP contribution in [0.1, 0.15) is 17.4 Å². The first-order valence-corrected chi connectivity index (χ1v) is 8.08. The lowest BCUT2D eigenvalue weighted by Gasteiger charge is -2.20. The fourth-order valence-corrected chi connectivity index (χ4v) is 2.24. The van der Waals surface area contributed by atoms with Crippen LogP contribution in [0.4, 0.5) is 0 Å². The number of aromatic nitrogens is 3. The molecule has 0 unspecified atom stereocenters. The van der Waals surface area contributed by atoms with Crippen molar-refractivity contribution >= 4 is 27.8 Å². The normalized spacial score (nSPS) is 10.4. The number of rotatable bonds is 8. The molecule has 1 N–H and O–H groups in total. The van der Waals surface area contributed by atoms with Gasteiger partial charge >= 0.3 is 5.97 Å². The first kappa shape index (κ1) is 17.9. The fourth-order valence-electron chi connectivity index (χ4n) is 1.98. The lowest BCUT2D eigenvalue weighted by molar-refractivity contribution is -0.132. The van der Waals surface area contributed by atoms with Crippen molar-refractivity contribution in [3.8, 4) is 5.75 Å². The second-order valence-electron chi connectivity index (χ2n) is 4.88. The largest absolute Gasteiger partial charge is 0.492 e. The minimum absolute atomic E-state index is 0.0631. The van der Waals surface area contributed by atoms with Gasteiger partial charge in [0, 0.05) is 11.0 Å². The van der Waals surface area contributed by atoms with Crippen molar-refractivity contribution in [3.05, 3.63) is 40.6 Å². The summed E-state index contributed by atoms with van der Waals surface area (Å²) in [7, 11) is 0. The van der Waals surface area contributed by atoms with E-state index in [1.54, 1.807) is 4.90 Å². The predicted molar refractivity (Wildman–Crippen MR) is 88.9 cm³/mol. The molecule has 0 aliphatic carbocycles. The van der Waals surface area contributed by atoms with Crippen LogP contribution < -0.4 is 4.74 Å². The molecule has 1 heterocycles. The molecule has 8 nitrogen and oxygen atoms in total. The molecule has 24 heavy (non-hydrogen) atoms. The van der Waals surface area contributed by atoms with Crippen LogP contribution in [-0.4, -0.2) is 56.6 Å². The number of carbonyl (C=O) groups is 2. The second kappa shape index (κ2) is 8.44. The standard InChI is InChI=1S/C15H17BrN4O4/c1-2-19(7-8-24-12-5-3-11(16)4-6-12)14(21)10-20-9-13(15(22)23)17-18-20/h3-6,9H,2,7-8,10H2,1H3,(H,22,23). The molecule has 0 atom stereocenters. The third kappa shape index (κ3) is 5.05. The highest BCUT2D eigenvalue weighted by Crippen LogP contribution is 2.15. The maximum atomic E-state index is 12.2. The molecule has 0 fully saturated rings. The second-order valence-corrected chi connectivity index (χ2v) is 5.80. The lowest BCUT2D eigenvalue weighted by Crippen LogP contribution is -2.36. The number of carboxylic acid groups (broad SMARTS) is 1. The van der Waals surface area contributed by atoms with Crippen LogP contribution in [0.25, 0.3) is 0 Å². The molecule has 2 rings (SSSR count). The van der Waals surface area contributed by atoms with E-state index in [0.29, 0.717) is 19.7 Å². The number of hydrogen-bond donors (Lipinski definition) is 1. The third-order valence-electron chi connectivity index (χ3n) is 3.23. The molecule has 0 spiro atoms. The number of carboxylic acids is 1. The van der Waals surface area contributed by atoms with E-state index in [2.05, 4.69) is 26.2 Å². The first-order valence-electron chi connectivity index (χ1n) is 7.29. The Morgan fingerprint density at radius 2 is 2.04 bits per heavy atom. The Hall–Kier alpha value is -2.42. The minimum Gasteiger partial charge on any atom is -0.492 e. The quantitative estimate of drug-likeness (QED) is 0.728. The van der Waals surface area contributed by atoms with Gasteiger partial charge in [0.25, 0.3) is 0 Å². The van der Waals surface area contributed by atoms with Crippen molar-refractivity contribution in [2.45, 2.75) is 13.5 Å². The highest BCUT2D eigenvalue weighted by Gasteiger charge is 2.15. The highest BCUT2D eigenvalue weighted by atomic mass is 79.9. The number of benzene rings is 1. The van der Waals surface area contributed by atoms with Gasteiger partial charge in [-0.05, 0) is 31.2 Å². The van der Waals surface area contributed by atoms with E-state index in [-0.39, 0.29) is 18.1 Å². The van der Waals surface area contributed by atoms with Gasteiger partial charge in [0.1, 0.15) is 18.9 Å². The molecule has 0 bridgehead atoms. The summed E-state index contributed by atoms with van der Waals surface area (Å²) in [6.07, 6.45) is 1.23. The van der Waals surface area contributed by atoms with Gasteiger partial charge < -0.3 is 14.7 Å². The molecule has 1 amide bonds. The topological polar surface area (TPSA) is 97.5 Å². The molecule has 2 aromatic rings. The third-order valence-corrected chi connectivity index (χ3v) is 3.76. The van der Waals surface area contributed by atoms with Crippen LogP contribution in [0.15, 0.2) is 34.9 Å². The SMILES string of the molecule is CCN(CCOc1ccc(Br)cc1)C(=O)Cn1cc(C(=O)O)nn1. The van der Waals surface area contributed by atoms with Crippen molar-refractivity contribution in [1.29, 1.82) is 0 Å². The predicted octanol–water partition coefficient (Wildman–Crippen LogP) is 1.67. The van der Waals surface area contributed by atoms with E-state index >= 15 is 0 Å². The number of amides is 1. The van der Waals surface area contributed by atoms with Crippen molar-refractivity contribution < 1.29 is 19.4 Å². The number of likely N-dealkylation sites (N-methyl/N-ethyl adjacent to an activating group) is 1. The van der Waals surface area contributed by atoms with Crippen molar-refractivity contribution in [3.63, 3.8) is 0 Å². The number of nitrogens with zero attached hydrogens (tertiary/aromatic N) is 4. The van der Waals surface area contributed by atoms with Gasteiger partial charge in [-0.1, -0.05) is 21.1 Å². The van der Waals surface area contributed by atoms with E-state index in [9.17, 15) is 9.59 Å². The average molecular weight is 397 g/mol. The summed E-state index contributed by atoms with van der Waals surface area (Å²) >= 11 is 3.35. The molecule has 0 saturated carbocycles. The Kier molecular flexibility index (Phi) is 6.30. The summed E-state index contributed by atoms with van der Waals surface area (Å²) in [5, 5.41) is 15.9. The van der Waals surface area contributed by atoms with Crippen LogP contribution in [0.3, 0.4) is 0 Å². The maximum Gasteiger partial charge on any atom is 0.358 e. The van der Waals surface area contributed by atoms with Gasteiger partial charge in [-0.25, -0.2) is 9.48 Å². The van der Waals surface area contributed by atoms with Crippen LogP contribution in [0.2, 0.25) is 0 Å². The van der Waals surface area contributed by atoms with Gasteiger partial charge in [0.2, 0.25) is 5.91 Å². The zero-order valence-corrected chi connectivity index (χ0v) is 14.6. The van der Waals surface area contributed by atoms with Crippen LogP contribution in [-0.2, 0) is 11.3 Å². The van der Waals surface area contributed by atoms with Crippen LogP contribution in [0, 0.1) is 0 Å². The molecule has 1 aromatic carbocycles. The van der Waals surface area contributed by atoms with Crippen LogP contribution in [0.5, 0.6) is 5.75 Å². The summed E-state index contributed by atoms with van der Waals surface area (Å²) < 4.78 is 7.78. The van der Waals surface area contributed by atoms with Crippen molar-refractivity contribution in [2.24, 2.45) is 0 Å². The van der Waals surface area contributed by atoms with Gasteiger partial charge in [-0.15, -0.1) is 5.10 Å². The average Bonchev–Trinajstić information content (AvgIpc) is 3.02. The van der Waals surface area contributed by atoms with E-state index in [0.717, 1.165) is 10.2 Å². The number of halogens is 1. The summed E-state index contributed by atoms with van der Waals surface area (Å²) in [6, 6.07) is 7.43. The highest BCUT2D eigenvalue weighted by molar-refractivity contribution is 9.10. The zero-order valence-electron chi connectivity index (χ0n) is 13.1. The number of hydrogen-bond acceptors (Lipinski definition) is 5. The zero-order chi connectivity index (χ0) is 17.5. The molecular formula is C15H17BrN4O4. The Balaban J connectivity index is 1.84. The Morgan fingerprint density at radius 3 is 2.62 bits per heavy atom. The Morgan fingerprint density at radius 1 is 1.33 bits per heavy atom. The molecular weight excluding hydrogens is 380 g/mol. The van der Waals surface area contributed by atoms with Gasteiger partial charge in [-0.3, -0.25) is 4.79 Å². The Labute approximate surface area is 147 Å². The van der Waals surface area contributed by atoms with Gasteiger partial charge in [-0.2, -0.15) is 0 Å². The lowest BCUT2D eigenvalue weighted by atomic mass is 10.3. The molecule has 0 saturated heterocycles. The molecule has 0 aliphatic heterocycles. The molecule has 128 valence electrons. The van der Waals surface area contributed by atoms with Gasteiger partial charge in [0.05, 0.1) is 12.7 Å². The Bertz CT molecular complexity index is 702. The summed E-state index contributed by atoms with van der Waals surface area (Å²) in [4.78, 5) is 24.6. The molecule has 0 aliphatic rings. The van der Waals surface area contributed by atoms with E-state index in [1.807, 2.05) is 31.2 Å². The smallest absolute Gasteiger partial charge is 0.358 e. The van der Waals surface area contributed by atoms with Crippen LogP contribution >= 0.6 is 15.9 Å². The van der Waals surface area contributed by atoms with E-state index in [1.165, 1.54) is 10.9 Å². The molecule has 0 radical (unpaired) electrons. The minimum atomic E-state index is -1.18. The maximum absolute atomic E-state index is 12.2. The van der Waals surface area contributed by atoms with E-state index < -0.39 is 5.97 Å². The van der Waals surface area contributed by atoms with E-state index in [4.69, 9.17) is 9.84 Å². The number of ether oxygens (including phenoxy) is 1. The summed E-state index contributed by atoms with van der Waals surface area (Å²) in [5.74, 6) is -0.633. The first-order chi connectivity index (χ1) is 11.5. The number of carbonyl (C=O) groups excluding carboxylic acids is 1. The van der Waals surface area contributed by atoms with Crippen molar-refractivity contribution in [2.75, 3.05) is 19.7 Å². The fraction of sp³-hybridized carbons (Fsp3) is 0.333. The van der Waals surface area contributed by atoms with Crippen molar-refractivity contribution in [1.82, 2.24) is 19.9 Å². The molecule has 1 aromatic heterocycles. The van der Waals surface area contributed by atoms with Gasteiger partial charge in [0.15, 0.2) is 5.69 Å². The monoisotopic (exact) mass is 396 g/mol. The summed E-state index contributed by atoms with van der Waals surface area (Å²) in [5.41, 5.74) is -0.190. The summed E-state index contributed by atoms with van der Waals surface area (Å²) in [6.45, 7) is 3.10. The molecule has 9 heteroatoms. The number of aromatic carboxylic acids is 1.